The number of hydrogen-bond acceptors (Lipinski definition) is 5. The first-order valence-electron chi connectivity index (χ1n) is 7.97. The first-order valence-corrected chi connectivity index (χ1v) is 7.97. The molecule has 6 heteroatoms. The van der Waals surface area contributed by atoms with Crippen LogP contribution in [0.15, 0.2) is 29.4 Å². The lowest BCUT2D eigenvalue weighted by molar-refractivity contribution is -0.168. The quantitative estimate of drug-likeness (QED) is 0.867. The summed E-state index contributed by atoms with van der Waals surface area (Å²) in [5.41, 5.74) is 2.82. The van der Waals surface area contributed by atoms with Crippen LogP contribution in [0, 0.1) is 6.92 Å². The van der Waals surface area contributed by atoms with E-state index in [0.717, 1.165) is 42.6 Å². The largest absolute Gasteiger partial charge is 0.386 e. The normalized spacial score (nSPS) is 19.6. The predicted molar refractivity (Wildman–Crippen MR) is 86.3 cm³/mol. The van der Waals surface area contributed by atoms with E-state index in [2.05, 4.69) is 10.5 Å². The molecular weight excluding hydrogens is 296 g/mol. The molecule has 1 N–H and O–H groups in total. The average molecular weight is 318 g/mol. The number of carbonyl (C=O) groups excluding carboxylic acids is 1. The van der Waals surface area contributed by atoms with E-state index in [9.17, 15) is 4.79 Å². The minimum Gasteiger partial charge on any atom is -0.386 e. The maximum atomic E-state index is 11.8. The summed E-state index contributed by atoms with van der Waals surface area (Å²) < 4.78 is 11.3. The number of amides is 1. The summed E-state index contributed by atoms with van der Waals surface area (Å²) in [5, 5.41) is 6.87. The van der Waals surface area contributed by atoms with Crippen LogP contribution >= 0.6 is 0 Å². The zero-order valence-electron chi connectivity index (χ0n) is 13.3. The Labute approximate surface area is 135 Å². The van der Waals surface area contributed by atoms with E-state index in [4.69, 9.17) is 14.3 Å². The molecule has 1 amide bonds. The molecule has 0 atom stereocenters. The standard InChI is InChI=1S/C17H22N2O4/c1-13-3-2-4-15(11-13)18-16(20)12-23-19-14-5-7-17(8-6-14)21-9-10-22-17/h2-4,11H,5-10,12H2,1H3,(H,18,20). The number of hydrogen-bond donors (Lipinski definition) is 1. The SMILES string of the molecule is Cc1cccc(NC(=O)CON=C2CCC3(CC2)OCCO3)c1. The third kappa shape index (κ3) is 4.30. The second-order valence-corrected chi connectivity index (χ2v) is 5.96. The highest BCUT2D eigenvalue weighted by atomic mass is 16.7. The molecule has 0 aromatic heterocycles. The zero-order chi connectivity index (χ0) is 16.1. The molecule has 0 bridgehead atoms. The Balaban J connectivity index is 1.41. The lowest BCUT2D eigenvalue weighted by atomic mass is 9.92. The fraction of sp³-hybridized carbons (Fsp3) is 0.529. The molecule has 0 unspecified atom stereocenters. The van der Waals surface area contributed by atoms with Crippen LogP contribution in [0.3, 0.4) is 0 Å². The van der Waals surface area contributed by atoms with Crippen molar-refractivity contribution in [1.29, 1.82) is 0 Å². The smallest absolute Gasteiger partial charge is 0.265 e. The van der Waals surface area contributed by atoms with Gasteiger partial charge in [0.2, 0.25) is 0 Å². The Bertz CT molecular complexity index is 582. The Kier molecular flexibility index (Phi) is 4.93. The zero-order valence-corrected chi connectivity index (χ0v) is 13.3. The Morgan fingerprint density at radius 1 is 1.30 bits per heavy atom. The van der Waals surface area contributed by atoms with Gasteiger partial charge < -0.3 is 19.6 Å². The number of aryl methyl sites for hydroxylation is 1. The van der Waals surface area contributed by atoms with Crippen molar-refractivity contribution >= 4 is 17.3 Å². The van der Waals surface area contributed by atoms with Crippen molar-refractivity contribution in [2.24, 2.45) is 5.16 Å². The van der Waals surface area contributed by atoms with Gasteiger partial charge in [0.15, 0.2) is 12.4 Å². The van der Waals surface area contributed by atoms with Crippen LogP contribution in [0.2, 0.25) is 0 Å². The van der Waals surface area contributed by atoms with Crippen LogP contribution in [0.25, 0.3) is 0 Å². The van der Waals surface area contributed by atoms with Crippen LogP contribution in [0.4, 0.5) is 5.69 Å². The molecule has 1 aromatic rings. The van der Waals surface area contributed by atoms with Gasteiger partial charge in [-0.3, -0.25) is 4.79 Å². The maximum Gasteiger partial charge on any atom is 0.265 e. The van der Waals surface area contributed by atoms with Gasteiger partial charge in [-0.1, -0.05) is 17.3 Å². The van der Waals surface area contributed by atoms with Crippen molar-refractivity contribution in [3.05, 3.63) is 29.8 Å². The summed E-state index contributed by atoms with van der Waals surface area (Å²) in [6, 6.07) is 7.63. The number of ether oxygens (including phenoxy) is 2. The Hall–Kier alpha value is -1.92. The third-order valence-corrected chi connectivity index (χ3v) is 4.09. The maximum absolute atomic E-state index is 11.8. The molecule has 0 radical (unpaired) electrons. The van der Waals surface area contributed by atoms with Crippen LogP contribution in [-0.4, -0.2) is 37.2 Å². The number of nitrogens with zero attached hydrogens (tertiary/aromatic N) is 1. The van der Waals surface area contributed by atoms with Gasteiger partial charge in [-0.2, -0.15) is 0 Å². The Morgan fingerprint density at radius 3 is 2.74 bits per heavy atom. The summed E-state index contributed by atoms with van der Waals surface area (Å²) in [4.78, 5) is 17.0. The van der Waals surface area contributed by atoms with Crippen molar-refractivity contribution < 1.29 is 19.1 Å². The van der Waals surface area contributed by atoms with Gasteiger partial charge in [-0.15, -0.1) is 0 Å². The molecule has 1 aliphatic heterocycles. The number of benzene rings is 1. The van der Waals surface area contributed by atoms with E-state index in [0.29, 0.717) is 13.2 Å². The number of oxime groups is 1. The van der Waals surface area contributed by atoms with Crippen LogP contribution in [0.1, 0.15) is 31.2 Å². The summed E-state index contributed by atoms with van der Waals surface area (Å²) >= 11 is 0. The number of nitrogens with one attached hydrogen (secondary N) is 1. The van der Waals surface area contributed by atoms with Gasteiger partial charge in [0.25, 0.3) is 5.91 Å². The van der Waals surface area contributed by atoms with Gasteiger partial charge >= 0.3 is 0 Å². The number of anilines is 1. The molecule has 1 spiro atoms. The fourth-order valence-electron chi connectivity index (χ4n) is 2.90. The minimum absolute atomic E-state index is 0.0877. The first kappa shape index (κ1) is 16.0. The van der Waals surface area contributed by atoms with Crippen LogP contribution < -0.4 is 5.32 Å². The summed E-state index contributed by atoms with van der Waals surface area (Å²) in [6.07, 6.45) is 3.15. The van der Waals surface area contributed by atoms with E-state index in [-0.39, 0.29) is 12.5 Å². The molecule has 1 saturated heterocycles. The number of carbonyl (C=O) groups is 1. The molecule has 1 aromatic carbocycles. The summed E-state index contributed by atoms with van der Waals surface area (Å²) in [5.74, 6) is -0.614. The molecule has 1 heterocycles. The fourth-order valence-corrected chi connectivity index (χ4v) is 2.90. The van der Waals surface area contributed by atoms with Crippen molar-refractivity contribution in [2.45, 2.75) is 38.4 Å². The van der Waals surface area contributed by atoms with E-state index in [1.165, 1.54) is 0 Å². The predicted octanol–water partition coefficient (Wildman–Crippen LogP) is 2.62. The van der Waals surface area contributed by atoms with E-state index in [1.54, 1.807) is 0 Å². The van der Waals surface area contributed by atoms with Gasteiger partial charge in [0, 0.05) is 18.5 Å². The molecule has 2 aliphatic rings. The first-order chi connectivity index (χ1) is 11.2. The van der Waals surface area contributed by atoms with Gasteiger partial charge in [-0.05, 0) is 37.5 Å². The monoisotopic (exact) mass is 318 g/mol. The van der Waals surface area contributed by atoms with E-state index < -0.39 is 5.79 Å². The molecule has 6 nitrogen and oxygen atoms in total. The van der Waals surface area contributed by atoms with Crippen LogP contribution in [-0.2, 0) is 19.1 Å². The highest BCUT2D eigenvalue weighted by molar-refractivity contribution is 5.92. The van der Waals surface area contributed by atoms with Crippen molar-refractivity contribution in [3.8, 4) is 0 Å². The lowest BCUT2D eigenvalue weighted by Gasteiger charge is -2.31. The van der Waals surface area contributed by atoms with Gasteiger partial charge in [0.1, 0.15) is 0 Å². The molecule has 1 saturated carbocycles. The van der Waals surface area contributed by atoms with Gasteiger partial charge in [-0.25, -0.2) is 0 Å². The Morgan fingerprint density at radius 2 is 2.04 bits per heavy atom. The van der Waals surface area contributed by atoms with Gasteiger partial charge in [0.05, 0.1) is 18.9 Å². The van der Waals surface area contributed by atoms with E-state index >= 15 is 0 Å². The molecule has 2 fully saturated rings. The second-order valence-electron chi connectivity index (χ2n) is 5.96. The average Bonchev–Trinajstić information content (AvgIpc) is 2.98. The minimum atomic E-state index is -0.401. The topological polar surface area (TPSA) is 69.2 Å². The second kappa shape index (κ2) is 7.10. The highest BCUT2D eigenvalue weighted by Crippen LogP contribution is 2.34. The molecule has 1 aliphatic carbocycles. The summed E-state index contributed by atoms with van der Waals surface area (Å²) in [6.45, 7) is 3.23. The van der Waals surface area contributed by atoms with Crippen molar-refractivity contribution in [3.63, 3.8) is 0 Å². The van der Waals surface area contributed by atoms with Crippen LogP contribution in [0.5, 0.6) is 0 Å². The lowest BCUT2D eigenvalue weighted by Crippen LogP contribution is -2.35. The molecule has 3 rings (SSSR count). The van der Waals surface area contributed by atoms with Crippen molar-refractivity contribution in [2.75, 3.05) is 25.1 Å². The van der Waals surface area contributed by atoms with E-state index in [1.807, 2.05) is 31.2 Å². The summed E-state index contributed by atoms with van der Waals surface area (Å²) in [7, 11) is 0. The molecular formula is C17H22N2O4. The number of rotatable bonds is 4. The molecule has 124 valence electrons. The highest BCUT2D eigenvalue weighted by Gasteiger charge is 2.39. The third-order valence-electron chi connectivity index (χ3n) is 4.09. The van der Waals surface area contributed by atoms with Crippen molar-refractivity contribution in [1.82, 2.24) is 0 Å². The molecule has 23 heavy (non-hydrogen) atoms.